The first-order valence-electron chi connectivity index (χ1n) is 7.37. The normalized spacial score (nSPS) is 27.3. The van der Waals surface area contributed by atoms with Gasteiger partial charge in [-0.1, -0.05) is 20.3 Å². The van der Waals surface area contributed by atoms with Crippen molar-refractivity contribution in [1.82, 2.24) is 10.2 Å². The Morgan fingerprint density at radius 1 is 1.53 bits per heavy atom. The summed E-state index contributed by atoms with van der Waals surface area (Å²) in [6.45, 7) is 6.78. The Balaban J connectivity index is 1.68. The Kier molecular flexibility index (Phi) is 3.11. The second kappa shape index (κ2) is 4.66. The van der Waals surface area contributed by atoms with Crippen LogP contribution in [0.25, 0.3) is 0 Å². The van der Waals surface area contributed by atoms with E-state index in [0.29, 0.717) is 18.2 Å². The molecule has 1 N–H and O–H groups in total. The molecular weight excluding hydrogens is 240 g/mol. The molecule has 0 saturated heterocycles. The van der Waals surface area contributed by atoms with Crippen LogP contribution in [0.5, 0.6) is 0 Å². The minimum Gasteiger partial charge on any atom is -0.461 e. The zero-order chi connectivity index (χ0) is 13.6. The number of hydrogen-bond donors (Lipinski definition) is 1. The van der Waals surface area contributed by atoms with Crippen molar-refractivity contribution in [3.63, 3.8) is 0 Å². The molecule has 1 heterocycles. The van der Waals surface area contributed by atoms with Gasteiger partial charge in [-0.25, -0.2) is 4.79 Å². The van der Waals surface area contributed by atoms with E-state index in [1.165, 1.54) is 18.5 Å². The Hall–Kier alpha value is -1.32. The van der Waals surface area contributed by atoms with Crippen molar-refractivity contribution >= 4 is 5.97 Å². The van der Waals surface area contributed by atoms with Crippen molar-refractivity contribution in [2.75, 3.05) is 6.61 Å². The van der Waals surface area contributed by atoms with Crippen LogP contribution in [-0.4, -0.2) is 22.8 Å². The lowest BCUT2D eigenvalue weighted by molar-refractivity contribution is 0.0518. The van der Waals surface area contributed by atoms with E-state index in [4.69, 9.17) is 4.74 Å². The Morgan fingerprint density at radius 2 is 2.32 bits per heavy atom. The molecule has 2 aliphatic rings. The molecular formula is C15H22N2O2. The molecule has 3 atom stereocenters. The molecule has 0 radical (unpaired) electrons. The molecule has 1 saturated carbocycles. The minimum absolute atomic E-state index is 0.278. The van der Waals surface area contributed by atoms with E-state index in [-0.39, 0.29) is 5.97 Å². The maximum absolute atomic E-state index is 11.8. The molecule has 19 heavy (non-hydrogen) atoms. The predicted octanol–water partition coefficient (Wildman–Crippen LogP) is 2.91. The van der Waals surface area contributed by atoms with Crippen LogP contribution in [0.4, 0.5) is 0 Å². The maximum atomic E-state index is 11.8. The van der Waals surface area contributed by atoms with Gasteiger partial charge < -0.3 is 4.74 Å². The highest BCUT2D eigenvalue weighted by Gasteiger charge is 2.57. The number of nitrogens with one attached hydrogen (secondary N) is 1. The summed E-state index contributed by atoms with van der Waals surface area (Å²) < 4.78 is 5.05. The van der Waals surface area contributed by atoms with Crippen molar-refractivity contribution < 1.29 is 9.53 Å². The first kappa shape index (κ1) is 12.7. The van der Waals surface area contributed by atoms with Gasteiger partial charge in [0.05, 0.1) is 6.61 Å². The number of carbonyl (C=O) groups excluding carboxylic acids is 1. The SMILES string of the molecule is CCOC(=O)c1n[nH]c2c1C[C@H]1[C@H](CCC(C)C)[C@@H]21. The molecule has 104 valence electrons. The minimum atomic E-state index is -0.278. The zero-order valence-electron chi connectivity index (χ0n) is 11.9. The molecule has 2 aliphatic carbocycles. The number of aromatic amines is 1. The molecule has 1 fully saturated rings. The molecule has 4 heteroatoms. The number of carbonyl (C=O) groups is 1. The topological polar surface area (TPSA) is 55.0 Å². The van der Waals surface area contributed by atoms with Gasteiger partial charge in [0.2, 0.25) is 0 Å². The summed E-state index contributed by atoms with van der Waals surface area (Å²) >= 11 is 0. The molecule has 0 bridgehead atoms. The molecule has 3 rings (SSSR count). The lowest BCUT2D eigenvalue weighted by Gasteiger charge is -2.06. The van der Waals surface area contributed by atoms with Gasteiger partial charge in [0, 0.05) is 17.2 Å². The van der Waals surface area contributed by atoms with Gasteiger partial charge in [-0.05, 0) is 37.5 Å². The monoisotopic (exact) mass is 262 g/mol. The fourth-order valence-electron chi connectivity index (χ4n) is 3.54. The van der Waals surface area contributed by atoms with Gasteiger partial charge in [0.15, 0.2) is 5.69 Å². The summed E-state index contributed by atoms with van der Waals surface area (Å²) in [4.78, 5) is 11.8. The number of esters is 1. The van der Waals surface area contributed by atoms with Crippen LogP contribution < -0.4 is 0 Å². The van der Waals surface area contributed by atoms with Crippen molar-refractivity contribution in [2.45, 2.75) is 46.0 Å². The van der Waals surface area contributed by atoms with Crippen molar-refractivity contribution in [3.05, 3.63) is 17.0 Å². The quantitative estimate of drug-likeness (QED) is 0.830. The van der Waals surface area contributed by atoms with Crippen LogP contribution in [0, 0.1) is 17.8 Å². The number of nitrogens with zero attached hydrogens (tertiary/aromatic N) is 1. The van der Waals surface area contributed by atoms with E-state index in [1.54, 1.807) is 0 Å². The summed E-state index contributed by atoms with van der Waals surface area (Å²) in [5, 5.41) is 7.25. The average molecular weight is 262 g/mol. The highest BCUT2D eigenvalue weighted by atomic mass is 16.5. The third-order valence-corrected chi connectivity index (χ3v) is 4.55. The van der Waals surface area contributed by atoms with Crippen LogP contribution in [-0.2, 0) is 11.2 Å². The van der Waals surface area contributed by atoms with E-state index in [0.717, 1.165) is 29.7 Å². The average Bonchev–Trinajstić information content (AvgIpc) is 2.71. The van der Waals surface area contributed by atoms with E-state index in [9.17, 15) is 4.79 Å². The Bertz CT molecular complexity index is 492. The van der Waals surface area contributed by atoms with Gasteiger partial charge in [-0.15, -0.1) is 0 Å². The second-order valence-electron chi connectivity index (χ2n) is 6.21. The van der Waals surface area contributed by atoms with E-state index >= 15 is 0 Å². The standard InChI is InChI=1S/C15H22N2O2/c1-4-19-15(18)14-11-7-10-9(6-5-8(2)3)12(10)13(11)16-17-14/h8-10,12H,4-7H2,1-3H3,(H,16,17)/t9-,10-,12+/m0/s1. The fraction of sp³-hybridized carbons (Fsp3) is 0.733. The lowest BCUT2D eigenvalue weighted by atomic mass is 9.99. The third-order valence-electron chi connectivity index (χ3n) is 4.55. The fourth-order valence-corrected chi connectivity index (χ4v) is 3.54. The molecule has 0 aromatic carbocycles. The summed E-state index contributed by atoms with van der Waals surface area (Å²) in [5.41, 5.74) is 2.85. The zero-order valence-corrected chi connectivity index (χ0v) is 11.9. The van der Waals surface area contributed by atoms with Crippen LogP contribution in [0.2, 0.25) is 0 Å². The van der Waals surface area contributed by atoms with Crippen LogP contribution >= 0.6 is 0 Å². The number of ether oxygens (including phenoxy) is 1. The van der Waals surface area contributed by atoms with Gasteiger partial charge in [-0.3, -0.25) is 5.10 Å². The smallest absolute Gasteiger partial charge is 0.359 e. The number of rotatable bonds is 5. The summed E-state index contributed by atoms with van der Waals surface area (Å²) in [6, 6.07) is 0. The summed E-state index contributed by atoms with van der Waals surface area (Å²) in [6.07, 6.45) is 3.61. The second-order valence-corrected chi connectivity index (χ2v) is 6.21. The first-order chi connectivity index (χ1) is 9.13. The third kappa shape index (κ3) is 2.07. The summed E-state index contributed by atoms with van der Waals surface area (Å²) in [7, 11) is 0. The van der Waals surface area contributed by atoms with E-state index < -0.39 is 0 Å². The van der Waals surface area contributed by atoms with Gasteiger partial charge >= 0.3 is 5.97 Å². The number of hydrogen-bond acceptors (Lipinski definition) is 3. The number of H-pyrrole nitrogens is 1. The van der Waals surface area contributed by atoms with Crippen LogP contribution in [0.1, 0.15) is 61.3 Å². The largest absolute Gasteiger partial charge is 0.461 e. The van der Waals surface area contributed by atoms with Crippen LogP contribution in [0.3, 0.4) is 0 Å². The highest BCUT2D eigenvalue weighted by molar-refractivity contribution is 5.89. The predicted molar refractivity (Wildman–Crippen MR) is 72.0 cm³/mol. The molecule has 1 aromatic heterocycles. The number of fused-ring (bicyclic) bond motifs is 3. The highest BCUT2D eigenvalue weighted by Crippen LogP contribution is 2.63. The van der Waals surface area contributed by atoms with E-state index in [1.807, 2.05) is 6.92 Å². The van der Waals surface area contributed by atoms with Crippen molar-refractivity contribution in [1.29, 1.82) is 0 Å². The summed E-state index contributed by atoms with van der Waals surface area (Å²) in [5.74, 6) is 2.68. The molecule has 0 aliphatic heterocycles. The molecule has 0 unspecified atom stereocenters. The van der Waals surface area contributed by atoms with Gasteiger partial charge in [-0.2, -0.15) is 5.10 Å². The maximum Gasteiger partial charge on any atom is 0.359 e. The van der Waals surface area contributed by atoms with Gasteiger partial charge in [0.1, 0.15) is 0 Å². The molecule has 1 aromatic rings. The van der Waals surface area contributed by atoms with Crippen LogP contribution in [0.15, 0.2) is 0 Å². The van der Waals surface area contributed by atoms with Gasteiger partial charge in [0.25, 0.3) is 0 Å². The molecule has 4 nitrogen and oxygen atoms in total. The van der Waals surface area contributed by atoms with Crippen molar-refractivity contribution in [3.8, 4) is 0 Å². The Morgan fingerprint density at radius 3 is 3.00 bits per heavy atom. The Labute approximate surface area is 113 Å². The lowest BCUT2D eigenvalue weighted by Crippen LogP contribution is -2.08. The van der Waals surface area contributed by atoms with E-state index in [2.05, 4.69) is 24.0 Å². The first-order valence-corrected chi connectivity index (χ1v) is 7.37. The molecule has 0 spiro atoms. The number of aromatic nitrogens is 2. The van der Waals surface area contributed by atoms with Crippen molar-refractivity contribution in [2.24, 2.45) is 17.8 Å². The molecule has 0 amide bonds.